The molecular formula is C15H10N2OS. The Hall–Kier alpha value is -2.33. The maximum atomic E-state index is 12.2. The lowest BCUT2D eigenvalue weighted by Gasteiger charge is -2.02. The predicted molar refractivity (Wildman–Crippen MR) is 77.2 cm³/mol. The molecule has 0 aliphatic carbocycles. The molecule has 0 N–H and O–H groups in total. The molecule has 92 valence electrons. The van der Waals surface area contributed by atoms with Crippen LogP contribution in [0.15, 0.2) is 53.9 Å². The maximum absolute atomic E-state index is 12.2. The minimum atomic E-state index is -0.0233. The van der Waals surface area contributed by atoms with E-state index in [9.17, 15) is 4.79 Å². The maximum Gasteiger partial charge on any atom is 0.186 e. The van der Waals surface area contributed by atoms with E-state index < -0.39 is 0 Å². The van der Waals surface area contributed by atoms with Crippen molar-refractivity contribution in [2.24, 2.45) is 0 Å². The average Bonchev–Trinajstić information content (AvgIpc) is 2.97. The van der Waals surface area contributed by atoms with Gasteiger partial charge in [0.2, 0.25) is 0 Å². The van der Waals surface area contributed by atoms with Crippen molar-refractivity contribution in [2.75, 3.05) is 0 Å². The summed E-state index contributed by atoms with van der Waals surface area (Å²) >= 11 is 1.27. The van der Waals surface area contributed by atoms with Gasteiger partial charge in [-0.1, -0.05) is 47.0 Å². The van der Waals surface area contributed by atoms with Gasteiger partial charge in [0.25, 0.3) is 0 Å². The van der Waals surface area contributed by atoms with Crippen LogP contribution in [0.4, 0.5) is 0 Å². The first-order valence-corrected chi connectivity index (χ1v) is 6.65. The summed E-state index contributed by atoms with van der Waals surface area (Å²) in [5.41, 5.74) is 1.41. The van der Waals surface area contributed by atoms with Gasteiger partial charge in [0.15, 0.2) is 5.78 Å². The lowest BCUT2D eigenvalue weighted by atomic mass is 10.0. The fourth-order valence-electron chi connectivity index (χ4n) is 1.94. The zero-order valence-corrected chi connectivity index (χ0v) is 10.8. The van der Waals surface area contributed by atoms with Gasteiger partial charge in [-0.05, 0) is 34.5 Å². The predicted octanol–water partition coefficient (Wildman–Crippen LogP) is 3.59. The number of hydrogen-bond donors (Lipinski definition) is 0. The topological polar surface area (TPSA) is 42.9 Å². The molecule has 19 heavy (non-hydrogen) atoms. The van der Waals surface area contributed by atoms with Crippen LogP contribution in [0.5, 0.6) is 0 Å². The van der Waals surface area contributed by atoms with Crippen molar-refractivity contribution in [1.29, 1.82) is 0 Å². The summed E-state index contributed by atoms with van der Waals surface area (Å²) in [5, 5.41) is 7.71. The van der Waals surface area contributed by atoms with Gasteiger partial charge in [0.05, 0.1) is 5.69 Å². The molecule has 3 nitrogen and oxygen atoms in total. The summed E-state index contributed by atoms with van der Waals surface area (Å²) in [4.78, 5) is 12.2. The van der Waals surface area contributed by atoms with E-state index in [0.29, 0.717) is 11.3 Å². The van der Waals surface area contributed by atoms with Crippen LogP contribution in [0.1, 0.15) is 16.1 Å². The molecule has 3 aromatic rings. The molecule has 4 heteroatoms. The van der Waals surface area contributed by atoms with Crippen LogP contribution in [-0.4, -0.2) is 15.4 Å². The van der Waals surface area contributed by atoms with E-state index in [0.717, 1.165) is 10.8 Å². The number of carbonyl (C=O) groups is 1. The summed E-state index contributed by atoms with van der Waals surface area (Å²) in [6.45, 7) is 0. The number of allylic oxidation sites excluding steroid dienone is 1. The Balaban J connectivity index is 1.98. The largest absolute Gasteiger partial charge is 0.289 e. The van der Waals surface area contributed by atoms with Crippen LogP contribution in [0.25, 0.3) is 16.8 Å². The number of carbonyl (C=O) groups excluding carboxylic acids is 1. The van der Waals surface area contributed by atoms with Gasteiger partial charge in [-0.25, -0.2) is 0 Å². The van der Waals surface area contributed by atoms with E-state index in [1.54, 1.807) is 17.5 Å². The van der Waals surface area contributed by atoms with E-state index in [4.69, 9.17) is 0 Å². The Bertz CT molecular complexity index is 742. The first-order chi connectivity index (χ1) is 9.34. The first-order valence-electron chi connectivity index (χ1n) is 5.82. The van der Waals surface area contributed by atoms with E-state index >= 15 is 0 Å². The molecule has 0 spiro atoms. The minimum Gasteiger partial charge on any atom is -0.289 e. The summed E-state index contributed by atoms with van der Waals surface area (Å²) in [7, 11) is 0. The Morgan fingerprint density at radius 3 is 2.79 bits per heavy atom. The van der Waals surface area contributed by atoms with Crippen molar-refractivity contribution in [3.8, 4) is 0 Å². The van der Waals surface area contributed by atoms with E-state index in [1.165, 1.54) is 11.5 Å². The Morgan fingerprint density at radius 2 is 1.95 bits per heavy atom. The summed E-state index contributed by atoms with van der Waals surface area (Å²) in [6.07, 6.45) is 3.23. The Labute approximate surface area is 114 Å². The van der Waals surface area contributed by atoms with Crippen molar-refractivity contribution in [3.63, 3.8) is 0 Å². The van der Waals surface area contributed by atoms with E-state index in [2.05, 4.69) is 9.59 Å². The second kappa shape index (κ2) is 5.12. The highest BCUT2D eigenvalue weighted by atomic mass is 32.1. The minimum absolute atomic E-state index is 0.0233. The second-order valence-electron chi connectivity index (χ2n) is 4.05. The smallest absolute Gasteiger partial charge is 0.186 e. The molecular weight excluding hydrogens is 256 g/mol. The third kappa shape index (κ3) is 2.44. The summed E-state index contributed by atoms with van der Waals surface area (Å²) < 4.78 is 3.75. The summed E-state index contributed by atoms with van der Waals surface area (Å²) in [6, 6.07) is 13.6. The zero-order chi connectivity index (χ0) is 13.1. The molecule has 3 rings (SSSR count). The molecule has 0 amide bonds. The van der Waals surface area contributed by atoms with Gasteiger partial charge >= 0.3 is 0 Å². The van der Waals surface area contributed by atoms with Gasteiger partial charge in [-0.2, -0.15) is 0 Å². The molecule has 0 fully saturated rings. The Morgan fingerprint density at radius 1 is 1.11 bits per heavy atom. The zero-order valence-electron chi connectivity index (χ0n) is 9.98. The second-order valence-corrected chi connectivity index (χ2v) is 4.66. The lowest BCUT2D eigenvalue weighted by molar-refractivity contribution is 0.104. The molecule has 2 aromatic carbocycles. The van der Waals surface area contributed by atoms with Crippen LogP contribution in [-0.2, 0) is 0 Å². The number of hydrogen-bond acceptors (Lipinski definition) is 4. The number of ketones is 1. The van der Waals surface area contributed by atoms with Crippen molar-refractivity contribution < 1.29 is 4.79 Å². The Kier molecular flexibility index (Phi) is 3.16. The van der Waals surface area contributed by atoms with Crippen LogP contribution >= 0.6 is 11.5 Å². The molecule has 0 unspecified atom stereocenters. The van der Waals surface area contributed by atoms with E-state index in [1.807, 2.05) is 42.5 Å². The normalized spacial score (nSPS) is 11.2. The van der Waals surface area contributed by atoms with Gasteiger partial charge in [0, 0.05) is 10.9 Å². The average molecular weight is 266 g/mol. The van der Waals surface area contributed by atoms with Crippen molar-refractivity contribution in [2.45, 2.75) is 0 Å². The van der Waals surface area contributed by atoms with Crippen LogP contribution in [0.2, 0.25) is 0 Å². The highest BCUT2D eigenvalue weighted by Gasteiger charge is 2.06. The fourth-order valence-corrected chi connectivity index (χ4v) is 2.36. The molecule has 0 saturated heterocycles. The van der Waals surface area contributed by atoms with Crippen LogP contribution < -0.4 is 0 Å². The van der Waals surface area contributed by atoms with Crippen molar-refractivity contribution >= 4 is 34.2 Å². The van der Waals surface area contributed by atoms with Gasteiger partial charge in [-0.15, -0.1) is 5.10 Å². The monoisotopic (exact) mass is 266 g/mol. The lowest BCUT2D eigenvalue weighted by Crippen LogP contribution is -1.95. The van der Waals surface area contributed by atoms with Crippen molar-refractivity contribution in [1.82, 2.24) is 9.59 Å². The molecule has 1 heterocycles. The first kappa shape index (κ1) is 11.7. The molecule has 1 aromatic heterocycles. The summed E-state index contributed by atoms with van der Waals surface area (Å²) in [5.74, 6) is -0.0233. The molecule has 0 atom stereocenters. The molecule has 0 aliphatic rings. The number of aromatic nitrogens is 2. The van der Waals surface area contributed by atoms with Crippen molar-refractivity contribution in [3.05, 3.63) is 65.2 Å². The fraction of sp³-hybridized carbons (Fsp3) is 0. The third-order valence-electron chi connectivity index (χ3n) is 2.84. The number of benzene rings is 2. The standard InChI is InChI=1S/C15H10N2OS/c18-15(9-8-12-10-19-17-16-12)14-7-3-5-11-4-1-2-6-13(11)14/h1-10H. The SMILES string of the molecule is O=C(C=Cc1csnn1)c1cccc2ccccc12. The van der Waals surface area contributed by atoms with Crippen LogP contribution in [0.3, 0.4) is 0 Å². The highest BCUT2D eigenvalue weighted by Crippen LogP contribution is 2.19. The van der Waals surface area contributed by atoms with Gasteiger partial charge in [0.1, 0.15) is 0 Å². The molecule has 0 bridgehead atoms. The van der Waals surface area contributed by atoms with Gasteiger partial charge < -0.3 is 0 Å². The van der Waals surface area contributed by atoms with Crippen LogP contribution in [0, 0.1) is 0 Å². The number of rotatable bonds is 3. The highest BCUT2D eigenvalue weighted by molar-refractivity contribution is 7.03. The molecule has 0 saturated carbocycles. The third-order valence-corrected chi connectivity index (χ3v) is 3.36. The molecule has 0 aliphatic heterocycles. The quantitative estimate of drug-likeness (QED) is 0.537. The van der Waals surface area contributed by atoms with Gasteiger partial charge in [-0.3, -0.25) is 4.79 Å². The van der Waals surface area contributed by atoms with E-state index in [-0.39, 0.29) is 5.78 Å². The molecule has 0 radical (unpaired) electrons. The number of fused-ring (bicyclic) bond motifs is 1. The number of nitrogens with zero attached hydrogens (tertiary/aromatic N) is 2.